The molecule has 0 saturated carbocycles. The highest BCUT2D eigenvalue weighted by Crippen LogP contribution is 2.31. The molecule has 96 valence electrons. The molecule has 0 saturated heterocycles. The molecule has 0 aliphatic carbocycles. The van der Waals surface area contributed by atoms with Gasteiger partial charge < -0.3 is 0 Å². The Labute approximate surface area is 119 Å². The molecule has 0 N–H and O–H groups in total. The predicted molar refractivity (Wildman–Crippen MR) is 80.3 cm³/mol. The van der Waals surface area contributed by atoms with E-state index in [9.17, 15) is 4.39 Å². The van der Waals surface area contributed by atoms with Gasteiger partial charge in [0, 0.05) is 16.6 Å². The van der Waals surface area contributed by atoms with E-state index in [2.05, 4.69) is 23.4 Å². The van der Waals surface area contributed by atoms with Crippen LogP contribution in [0.2, 0.25) is 0 Å². The van der Waals surface area contributed by atoms with Gasteiger partial charge in [0.15, 0.2) is 5.13 Å². The van der Waals surface area contributed by atoms with Crippen molar-refractivity contribution in [3.63, 3.8) is 0 Å². The van der Waals surface area contributed by atoms with Crippen molar-refractivity contribution in [1.82, 2.24) is 4.98 Å². The Balaban J connectivity index is 1.94. The van der Waals surface area contributed by atoms with Crippen LogP contribution in [-0.2, 0) is 0 Å². The molecule has 3 heterocycles. The molecule has 3 rings (SSSR count). The first-order chi connectivity index (χ1) is 9.13. The standard InChI is InChI=1S/C15H12FNS2/c1-9-5-14(18-8-9)12-4-3-11(7-17-12)13-6-10(2)15(16)19-13/h3-8H,1-2H3. The van der Waals surface area contributed by atoms with Gasteiger partial charge in [-0.05, 0) is 54.6 Å². The maximum Gasteiger partial charge on any atom is 0.179 e. The zero-order chi connectivity index (χ0) is 13.4. The molecule has 4 heteroatoms. The third-order valence-corrected chi connectivity index (χ3v) is 5.03. The fourth-order valence-electron chi connectivity index (χ4n) is 1.85. The van der Waals surface area contributed by atoms with Crippen LogP contribution in [0.4, 0.5) is 4.39 Å². The number of nitrogens with zero attached hydrogens (tertiary/aromatic N) is 1. The number of hydrogen-bond acceptors (Lipinski definition) is 3. The Hall–Kier alpha value is -1.52. The number of thiophene rings is 2. The summed E-state index contributed by atoms with van der Waals surface area (Å²) in [5, 5.41) is 2.00. The number of rotatable bonds is 2. The fourth-order valence-corrected chi connectivity index (χ4v) is 3.62. The first kappa shape index (κ1) is 12.5. The molecule has 19 heavy (non-hydrogen) atoms. The van der Waals surface area contributed by atoms with Crippen molar-refractivity contribution in [1.29, 1.82) is 0 Å². The van der Waals surface area contributed by atoms with E-state index in [1.54, 1.807) is 18.3 Å². The fraction of sp³-hybridized carbons (Fsp3) is 0.133. The highest BCUT2D eigenvalue weighted by Gasteiger charge is 2.08. The zero-order valence-electron chi connectivity index (χ0n) is 10.6. The molecule has 0 atom stereocenters. The number of pyridine rings is 1. The van der Waals surface area contributed by atoms with Crippen molar-refractivity contribution in [2.75, 3.05) is 0 Å². The van der Waals surface area contributed by atoms with Crippen LogP contribution < -0.4 is 0 Å². The van der Waals surface area contributed by atoms with E-state index in [0.717, 1.165) is 21.0 Å². The van der Waals surface area contributed by atoms with Crippen LogP contribution in [0.3, 0.4) is 0 Å². The van der Waals surface area contributed by atoms with Crippen molar-refractivity contribution >= 4 is 22.7 Å². The summed E-state index contributed by atoms with van der Waals surface area (Å²) in [6.45, 7) is 3.86. The molecular weight excluding hydrogens is 277 g/mol. The van der Waals surface area contributed by atoms with Crippen LogP contribution in [0.25, 0.3) is 21.0 Å². The van der Waals surface area contributed by atoms with Gasteiger partial charge in [-0.15, -0.1) is 22.7 Å². The minimum absolute atomic E-state index is 0.118. The van der Waals surface area contributed by atoms with Crippen molar-refractivity contribution in [2.45, 2.75) is 13.8 Å². The SMILES string of the molecule is Cc1csc(-c2ccc(-c3cc(C)c(F)s3)cn2)c1. The summed E-state index contributed by atoms with van der Waals surface area (Å²) < 4.78 is 13.4. The lowest BCUT2D eigenvalue weighted by molar-refractivity contribution is 0.649. The van der Waals surface area contributed by atoms with Gasteiger partial charge in [-0.2, -0.15) is 4.39 Å². The maximum absolute atomic E-state index is 13.4. The van der Waals surface area contributed by atoms with Crippen LogP contribution >= 0.6 is 22.7 Å². The summed E-state index contributed by atoms with van der Waals surface area (Å²) in [5.41, 5.74) is 3.88. The van der Waals surface area contributed by atoms with Gasteiger partial charge in [0.2, 0.25) is 0 Å². The van der Waals surface area contributed by atoms with Crippen LogP contribution in [0.1, 0.15) is 11.1 Å². The Bertz CT molecular complexity index is 691. The lowest BCUT2D eigenvalue weighted by atomic mass is 10.2. The van der Waals surface area contributed by atoms with E-state index < -0.39 is 0 Å². The molecular formula is C15H12FNS2. The number of hydrogen-bond donors (Lipinski definition) is 0. The summed E-state index contributed by atoms with van der Waals surface area (Å²) in [4.78, 5) is 6.56. The second kappa shape index (κ2) is 4.87. The van der Waals surface area contributed by atoms with E-state index in [1.165, 1.54) is 16.9 Å². The smallest absolute Gasteiger partial charge is 0.179 e. The molecule has 3 aromatic rings. The summed E-state index contributed by atoms with van der Waals surface area (Å²) in [5.74, 6) is 0. The normalized spacial score (nSPS) is 10.9. The molecule has 3 aromatic heterocycles. The molecule has 0 aromatic carbocycles. The first-order valence-corrected chi connectivity index (χ1v) is 7.61. The van der Waals surface area contributed by atoms with Crippen LogP contribution in [0.5, 0.6) is 0 Å². The Morgan fingerprint density at radius 3 is 2.47 bits per heavy atom. The van der Waals surface area contributed by atoms with Crippen molar-refractivity contribution < 1.29 is 4.39 Å². The molecule has 0 aliphatic rings. The molecule has 0 unspecified atom stereocenters. The lowest BCUT2D eigenvalue weighted by Crippen LogP contribution is -1.81. The van der Waals surface area contributed by atoms with E-state index in [1.807, 2.05) is 24.4 Å². The summed E-state index contributed by atoms with van der Waals surface area (Å²) in [7, 11) is 0. The molecule has 0 fully saturated rings. The predicted octanol–water partition coefficient (Wildman–Crippen LogP) is 5.29. The number of halogens is 1. The Morgan fingerprint density at radius 1 is 1.11 bits per heavy atom. The number of aryl methyl sites for hydroxylation is 2. The third-order valence-electron chi connectivity index (χ3n) is 2.89. The van der Waals surface area contributed by atoms with Gasteiger partial charge >= 0.3 is 0 Å². The lowest BCUT2D eigenvalue weighted by Gasteiger charge is -1.99. The van der Waals surface area contributed by atoms with Crippen LogP contribution in [-0.4, -0.2) is 4.98 Å². The summed E-state index contributed by atoms with van der Waals surface area (Å²) in [6, 6.07) is 7.99. The second-order valence-corrected chi connectivity index (χ2v) is 6.40. The minimum atomic E-state index is -0.118. The number of aromatic nitrogens is 1. The quantitative estimate of drug-likeness (QED) is 0.624. The molecule has 0 radical (unpaired) electrons. The average molecular weight is 289 g/mol. The molecule has 1 nitrogen and oxygen atoms in total. The topological polar surface area (TPSA) is 12.9 Å². The second-order valence-electron chi connectivity index (χ2n) is 4.49. The van der Waals surface area contributed by atoms with Crippen LogP contribution in [0, 0.1) is 19.0 Å². The van der Waals surface area contributed by atoms with Gasteiger partial charge in [0.1, 0.15) is 0 Å². The summed E-state index contributed by atoms with van der Waals surface area (Å²) >= 11 is 2.86. The van der Waals surface area contributed by atoms with E-state index in [4.69, 9.17) is 0 Å². The highest BCUT2D eigenvalue weighted by molar-refractivity contribution is 7.14. The van der Waals surface area contributed by atoms with Gasteiger partial charge in [-0.25, -0.2) is 0 Å². The average Bonchev–Trinajstić information content (AvgIpc) is 2.97. The van der Waals surface area contributed by atoms with Gasteiger partial charge in [-0.3, -0.25) is 4.98 Å². The van der Waals surface area contributed by atoms with Gasteiger partial charge in [-0.1, -0.05) is 0 Å². The Morgan fingerprint density at radius 2 is 1.95 bits per heavy atom. The van der Waals surface area contributed by atoms with E-state index >= 15 is 0 Å². The largest absolute Gasteiger partial charge is 0.255 e. The van der Waals surface area contributed by atoms with Crippen molar-refractivity contribution in [3.8, 4) is 21.0 Å². The maximum atomic E-state index is 13.4. The molecule has 0 spiro atoms. The Kier molecular flexibility index (Phi) is 3.21. The molecule has 0 bridgehead atoms. The van der Waals surface area contributed by atoms with E-state index in [0.29, 0.717) is 5.56 Å². The van der Waals surface area contributed by atoms with E-state index in [-0.39, 0.29) is 5.13 Å². The highest BCUT2D eigenvalue weighted by atomic mass is 32.1. The monoisotopic (exact) mass is 289 g/mol. The zero-order valence-corrected chi connectivity index (χ0v) is 12.2. The van der Waals surface area contributed by atoms with Crippen molar-refractivity contribution in [2.24, 2.45) is 0 Å². The van der Waals surface area contributed by atoms with Gasteiger partial charge in [0.05, 0.1) is 10.6 Å². The van der Waals surface area contributed by atoms with Gasteiger partial charge in [0.25, 0.3) is 0 Å². The minimum Gasteiger partial charge on any atom is -0.255 e. The molecule has 0 amide bonds. The molecule has 0 aliphatic heterocycles. The third kappa shape index (κ3) is 2.46. The first-order valence-electron chi connectivity index (χ1n) is 5.91. The van der Waals surface area contributed by atoms with Crippen molar-refractivity contribution in [3.05, 3.63) is 52.1 Å². The summed E-state index contributed by atoms with van der Waals surface area (Å²) in [6.07, 6.45) is 1.81. The van der Waals surface area contributed by atoms with Crippen LogP contribution in [0.15, 0.2) is 35.8 Å².